The number of likely N-dealkylation sites (tertiary alicyclic amines) is 1. The monoisotopic (exact) mass is 530 g/mol. The van der Waals surface area contributed by atoms with Crippen LogP contribution in [0.2, 0.25) is 0 Å². The van der Waals surface area contributed by atoms with Gasteiger partial charge in [-0.3, -0.25) is 9.69 Å². The van der Waals surface area contributed by atoms with Gasteiger partial charge in [0.05, 0.1) is 6.10 Å². The minimum Gasteiger partial charge on any atom is -0.482 e. The first kappa shape index (κ1) is 27.5. The molecule has 2 aliphatic heterocycles. The maximum atomic E-state index is 13.2. The lowest BCUT2D eigenvalue weighted by Crippen LogP contribution is -2.43. The lowest BCUT2D eigenvalue weighted by molar-refractivity contribution is -0.123. The highest BCUT2D eigenvalue weighted by Crippen LogP contribution is 2.27. The van der Waals surface area contributed by atoms with Crippen molar-refractivity contribution in [2.45, 2.75) is 30.4 Å². The first-order valence-corrected chi connectivity index (χ1v) is 14.3. The summed E-state index contributed by atoms with van der Waals surface area (Å²) >= 11 is 0. The minimum absolute atomic E-state index is 0.0436. The number of carbonyl (C=O) groups excluding carboxylic acids is 1. The third kappa shape index (κ3) is 7.30. The van der Waals surface area contributed by atoms with Crippen LogP contribution in [-0.4, -0.2) is 99.6 Å². The van der Waals surface area contributed by atoms with Crippen LogP contribution < -0.4 is 10.1 Å². The largest absolute Gasteiger partial charge is 0.482 e. The van der Waals surface area contributed by atoms with Gasteiger partial charge in [0.2, 0.25) is 10.0 Å². The van der Waals surface area contributed by atoms with E-state index in [0.717, 1.165) is 39.0 Å². The second kappa shape index (κ2) is 12.4. The molecule has 2 aliphatic rings. The predicted molar refractivity (Wildman–Crippen MR) is 142 cm³/mol. The van der Waals surface area contributed by atoms with E-state index in [0.29, 0.717) is 13.1 Å². The summed E-state index contributed by atoms with van der Waals surface area (Å²) in [5.41, 5.74) is 2.62. The number of nitrogens with zero attached hydrogens (tertiary/aromatic N) is 3. The molecule has 37 heavy (non-hydrogen) atoms. The molecule has 4 rings (SSSR count). The summed E-state index contributed by atoms with van der Waals surface area (Å²) < 4.78 is 33.5. The number of aliphatic hydroxyl groups excluding tert-OH is 1. The molecule has 2 aromatic carbocycles. The third-order valence-electron chi connectivity index (χ3n) is 7.11. The van der Waals surface area contributed by atoms with Gasteiger partial charge in [0.15, 0.2) is 6.61 Å². The van der Waals surface area contributed by atoms with Crippen molar-refractivity contribution in [3.05, 3.63) is 59.7 Å². The molecule has 0 aliphatic carbocycles. The molecular formula is C27H38N4O5S. The summed E-state index contributed by atoms with van der Waals surface area (Å²) in [4.78, 5) is 16.8. The Morgan fingerprint density at radius 2 is 1.89 bits per heavy atom. The summed E-state index contributed by atoms with van der Waals surface area (Å²) in [5.74, 6) is 0.00731. The molecule has 1 fully saturated rings. The quantitative estimate of drug-likeness (QED) is 0.450. The number of fused-ring (bicyclic) bond motifs is 1. The number of hydrogen-bond donors (Lipinski definition) is 2. The molecular weight excluding hydrogens is 492 g/mol. The Morgan fingerprint density at radius 1 is 1.16 bits per heavy atom. The molecule has 202 valence electrons. The van der Waals surface area contributed by atoms with E-state index in [1.165, 1.54) is 21.5 Å². The molecule has 2 N–H and O–H groups in total. The van der Waals surface area contributed by atoms with Crippen LogP contribution in [0.1, 0.15) is 17.5 Å². The first-order chi connectivity index (χ1) is 17.7. The predicted octanol–water partition coefficient (Wildman–Crippen LogP) is 1.17. The molecule has 2 atom stereocenters. The Kier molecular flexibility index (Phi) is 9.20. The van der Waals surface area contributed by atoms with E-state index in [-0.39, 0.29) is 29.7 Å². The Morgan fingerprint density at radius 3 is 2.65 bits per heavy atom. The van der Waals surface area contributed by atoms with Crippen LogP contribution in [0.3, 0.4) is 0 Å². The molecule has 0 spiro atoms. The van der Waals surface area contributed by atoms with Crippen molar-refractivity contribution < 1.29 is 23.1 Å². The summed E-state index contributed by atoms with van der Waals surface area (Å²) in [7, 11) is -0.154. The maximum Gasteiger partial charge on any atom is 0.258 e. The topological polar surface area (TPSA) is 102 Å². The molecule has 0 bridgehead atoms. The average molecular weight is 531 g/mol. The van der Waals surface area contributed by atoms with Crippen molar-refractivity contribution in [1.82, 2.24) is 19.4 Å². The van der Waals surface area contributed by atoms with Crippen molar-refractivity contribution in [1.29, 1.82) is 0 Å². The summed E-state index contributed by atoms with van der Waals surface area (Å²) in [6, 6.07) is 14.7. The van der Waals surface area contributed by atoms with Crippen molar-refractivity contribution in [2.24, 2.45) is 5.92 Å². The van der Waals surface area contributed by atoms with Gasteiger partial charge in [-0.05, 0) is 55.6 Å². The van der Waals surface area contributed by atoms with Crippen molar-refractivity contribution >= 4 is 15.9 Å². The Hall–Kier alpha value is -2.50. The lowest BCUT2D eigenvalue weighted by atomic mass is 10.00. The van der Waals surface area contributed by atoms with Crippen LogP contribution in [0.15, 0.2) is 53.4 Å². The number of aliphatic hydroxyl groups is 1. The van der Waals surface area contributed by atoms with E-state index in [9.17, 15) is 18.3 Å². The van der Waals surface area contributed by atoms with Gasteiger partial charge in [-0.2, -0.15) is 0 Å². The zero-order valence-electron chi connectivity index (χ0n) is 21.7. The van der Waals surface area contributed by atoms with Gasteiger partial charge < -0.3 is 20.1 Å². The number of benzene rings is 2. The number of amides is 1. The van der Waals surface area contributed by atoms with E-state index in [4.69, 9.17) is 4.74 Å². The zero-order valence-corrected chi connectivity index (χ0v) is 22.5. The Labute approximate surface area is 220 Å². The second-order valence-corrected chi connectivity index (χ2v) is 12.2. The number of β-amino-alcohol motifs (C(OH)–C–C–N with tert-alkyl or cyclic N) is 1. The molecule has 0 saturated carbocycles. The molecule has 1 saturated heterocycles. The fourth-order valence-electron chi connectivity index (χ4n) is 5.09. The molecule has 1 amide bonds. The molecule has 0 aromatic heterocycles. The van der Waals surface area contributed by atoms with Crippen molar-refractivity contribution in [3.63, 3.8) is 0 Å². The maximum absolute atomic E-state index is 13.2. The molecule has 9 nitrogen and oxygen atoms in total. The molecule has 0 unspecified atom stereocenters. The number of sulfonamides is 1. The number of rotatable bonds is 11. The van der Waals surface area contributed by atoms with Crippen molar-refractivity contribution in [2.75, 3.05) is 60.0 Å². The molecule has 2 heterocycles. The highest BCUT2D eigenvalue weighted by Gasteiger charge is 2.29. The second-order valence-electron chi connectivity index (χ2n) is 10.1. The Bertz CT molecular complexity index is 1170. The van der Waals surface area contributed by atoms with Crippen LogP contribution in [0.25, 0.3) is 0 Å². The number of carbonyl (C=O) groups is 1. The zero-order chi connectivity index (χ0) is 26.4. The van der Waals surface area contributed by atoms with Crippen LogP contribution in [0, 0.1) is 5.92 Å². The van der Waals surface area contributed by atoms with Gasteiger partial charge in [0.25, 0.3) is 5.91 Å². The van der Waals surface area contributed by atoms with Gasteiger partial charge in [-0.1, -0.05) is 36.4 Å². The highest BCUT2D eigenvalue weighted by atomic mass is 32.2. The summed E-state index contributed by atoms with van der Waals surface area (Å²) in [5, 5.41) is 13.1. The third-order valence-corrected chi connectivity index (χ3v) is 8.98. The van der Waals surface area contributed by atoms with Gasteiger partial charge in [0.1, 0.15) is 10.6 Å². The smallest absolute Gasteiger partial charge is 0.258 e. The van der Waals surface area contributed by atoms with Crippen LogP contribution >= 0.6 is 0 Å². The van der Waals surface area contributed by atoms with Gasteiger partial charge in [0, 0.05) is 46.3 Å². The van der Waals surface area contributed by atoms with Crippen LogP contribution in [-0.2, 0) is 27.8 Å². The number of para-hydroxylation sites is 1. The number of nitrogens with one attached hydrogen (secondary N) is 1. The van der Waals surface area contributed by atoms with Crippen LogP contribution in [0.4, 0.5) is 0 Å². The normalized spacial score (nSPS) is 19.5. The van der Waals surface area contributed by atoms with E-state index >= 15 is 0 Å². The molecule has 2 aromatic rings. The van der Waals surface area contributed by atoms with Crippen LogP contribution in [0.5, 0.6) is 5.75 Å². The molecule has 10 heteroatoms. The Balaban J connectivity index is 1.25. The minimum atomic E-state index is -3.77. The lowest BCUT2D eigenvalue weighted by Gasteiger charge is -2.30. The van der Waals surface area contributed by atoms with Crippen molar-refractivity contribution in [3.8, 4) is 5.75 Å². The highest BCUT2D eigenvalue weighted by molar-refractivity contribution is 7.89. The van der Waals surface area contributed by atoms with E-state index in [1.807, 2.05) is 19.2 Å². The fraction of sp³-hybridized carbons (Fsp3) is 0.519. The van der Waals surface area contributed by atoms with Gasteiger partial charge >= 0.3 is 0 Å². The van der Waals surface area contributed by atoms with Gasteiger partial charge in [-0.25, -0.2) is 12.7 Å². The SMILES string of the molecule is CN1CC[C@@H](CN(C)S(=O)(=O)c2ccccc2OCC(=O)NC[C@@H](O)CN2CCc3ccccc3C2)C1. The standard InChI is InChI=1S/C27H38N4O5S/c1-29-13-11-21(16-29)17-30(2)37(34,35)26-10-6-5-9-25(26)36-20-27(33)28-15-24(32)19-31-14-12-22-7-3-4-8-23(22)18-31/h3-10,21,24,32H,11-20H2,1-2H3,(H,28,33)/t21-,24-/m1/s1. The first-order valence-electron chi connectivity index (χ1n) is 12.8. The van der Waals surface area contributed by atoms with E-state index in [1.54, 1.807) is 25.2 Å². The van der Waals surface area contributed by atoms with Gasteiger partial charge in [-0.15, -0.1) is 0 Å². The average Bonchev–Trinajstić information content (AvgIpc) is 3.30. The summed E-state index contributed by atoms with van der Waals surface area (Å²) in [6.45, 7) is 4.13. The van der Waals surface area contributed by atoms with E-state index < -0.39 is 22.0 Å². The van der Waals surface area contributed by atoms with E-state index in [2.05, 4.69) is 27.2 Å². The number of ether oxygens (including phenoxy) is 1. The molecule has 0 radical (unpaired) electrons. The fourth-order valence-corrected chi connectivity index (χ4v) is 6.46. The number of hydrogen-bond acceptors (Lipinski definition) is 7. The summed E-state index contributed by atoms with van der Waals surface area (Å²) in [6.07, 6.45) is 1.19.